The summed E-state index contributed by atoms with van der Waals surface area (Å²) in [7, 11) is 0. The lowest BCUT2D eigenvalue weighted by molar-refractivity contribution is 0.125. The molecule has 1 unspecified atom stereocenters. The first-order chi connectivity index (χ1) is 16.0. The molecule has 0 aliphatic carbocycles. The van der Waals surface area contributed by atoms with Crippen molar-refractivity contribution in [2.45, 2.75) is 5.60 Å². The van der Waals surface area contributed by atoms with Crippen LogP contribution in [0.5, 0.6) is 0 Å². The van der Waals surface area contributed by atoms with Crippen LogP contribution in [0.4, 0.5) is 0 Å². The van der Waals surface area contributed by atoms with E-state index >= 15 is 0 Å². The average molecular weight is 492 g/mol. The molecule has 0 saturated carbocycles. The molecule has 0 saturated heterocycles. The zero-order chi connectivity index (χ0) is 23.0. The van der Waals surface area contributed by atoms with Gasteiger partial charge in [-0.2, -0.15) is 0 Å². The lowest BCUT2D eigenvalue weighted by Crippen LogP contribution is -2.29. The van der Waals surface area contributed by atoms with E-state index in [0.717, 1.165) is 5.56 Å². The van der Waals surface area contributed by atoms with Crippen molar-refractivity contribution in [1.29, 1.82) is 0 Å². The maximum Gasteiger partial charge on any atom is 0.143 e. The number of aliphatic hydroxyl groups is 1. The summed E-state index contributed by atoms with van der Waals surface area (Å²) in [6.07, 6.45) is 3.29. The Morgan fingerprint density at radius 1 is 0.758 bits per heavy atom. The van der Waals surface area contributed by atoms with Gasteiger partial charge in [0.25, 0.3) is 0 Å². The Bertz CT molecular complexity index is 1460. The standard InChI is InChI=1S/C27H17Cl3N2O/c28-22-11-5-4-10-21(22)27(33,19-9-6-14-31-16-19)18-12-13-23-20(15-18)25(29)24(26(30)32-23)17-7-2-1-3-8-17/h1-16,33H. The molecule has 0 aliphatic rings. The van der Waals surface area contributed by atoms with Gasteiger partial charge in [-0.3, -0.25) is 4.98 Å². The molecule has 0 fully saturated rings. The SMILES string of the molecule is OC(c1cccnc1)(c1ccc2nc(Cl)c(-c3ccccc3)c(Cl)c2c1)c1ccccc1Cl. The van der Waals surface area contributed by atoms with E-state index in [1.165, 1.54) is 0 Å². The fraction of sp³-hybridized carbons (Fsp3) is 0.0370. The lowest BCUT2D eigenvalue weighted by atomic mass is 9.80. The fourth-order valence-electron chi connectivity index (χ4n) is 4.08. The third-order valence-corrected chi connectivity index (χ3v) is 6.70. The largest absolute Gasteiger partial charge is 0.376 e. The van der Waals surface area contributed by atoms with Crippen LogP contribution in [0, 0.1) is 0 Å². The summed E-state index contributed by atoms with van der Waals surface area (Å²) in [6, 6.07) is 25.9. The molecule has 0 bridgehead atoms. The molecule has 5 aromatic rings. The highest BCUT2D eigenvalue weighted by atomic mass is 35.5. The van der Waals surface area contributed by atoms with Crippen LogP contribution in [0.2, 0.25) is 15.2 Å². The number of rotatable bonds is 4. The van der Waals surface area contributed by atoms with Crippen LogP contribution in [0.1, 0.15) is 16.7 Å². The van der Waals surface area contributed by atoms with Crippen LogP contribution < -0.4 is 0 Å². The monoisotopic (exact) mass is 490 g/mol. The highest BCUT2D eigenvalue weighted by Crippen LogP contribution is 2.43. The summed E-state index contributed by atoms with van der Waals surface area (Å²) in [4.78, 5) is 8.78. The summed E-state index contributed by atoms with van der Waals surface area (Å²) in [5.41, 5.74) is 2.28. The second kappa shape index (κ2) is 8.77. The van der Waals surface area contributed by atoms with Gasteiger partial charge in [0.1, 0.15) is 10.8 Å². The lowest BCUT2D eigenvalue weighted by Gasteiger charge is -2.31. The van der Waals surface area contributed by atoms with Gasteiger partial charge in [0.2, 0.25) is 0 Å². The number of nitrogens with zero attached hydrogens (tertiary/aromatic N) is 2. The Morgan fingerprint density at radius 2 is 1.52 bits per heavy atom. The van der Waals surface area contributed by atoms with Crippen molar-refractivity contribution < 1.29 is 5.11 Å². The zero-order valence-corrected chi connectivity index (χ0v) is 19.5. The first kappa shape index (κ1) is 21.9. The van der Waals surface area contributed by atoms with E-state index < -0.39 is 5.60 Å². The summed E-state index contributed by atoms with van der Waals surface area (Å²) >= 11 is 19.9. The van der Waals surface area contributed by atoms with Crippen molar-refractivity contribution in [2.24, 2.45) is 0 Å². The fourth-order valence-corrected chi connectivity index (χ4v) is 5.05. The van der Waals surface area contributed by atoms with Crippen LogP contribution in [-0.4, -0.2) is 15.1 Å². The van der Waals surface area contributed by atoms with Crippen LogP contribution >= 0.6 is 34.8 Å². The summed E-state index contributed by atoms with van der Waals surface area (Å²) < 4.78 is 0. The van der Waals surface area contributed by atoms with Gasteiger partial charge < -0.3 is 5.11 Å². The van der Waals surface area contributed by atoms with Gasteiger partial charge in [-0.15, -0.1) is 0 Å². The molecule has 0 aliphatic heterocycles. The molecule has 162 valence electrons. The number of fused-ring (bicyclic) bond motifs is 1. The molecule has 3 aromatic carbocycles. The van der Waals surface area contributed by atoms with E-state index in [-0.39, 0.29) is 0 Å². The maximum absolute atomic E-state index is 12.2. The molecule has 33 heavy (non-hydrogen) atoms. The number of halogens is 3. The van der Waals surface area contributed by atoms with Crippen molar-refractivity contribution in [3.05, 3.63) is 129 Å². The minimum atomic E-state index is -1.56. The van der Waals surface area contributed by atoms with E-state index in [9.17, 15) is 5.11 Å². The van der Waals surface area contributed by atoms with Crippen molar-refractivity contribution in [3.8, 4) is 11.1 Å². The molecule has 0 spiro atoms. The van der Waals surface area contributed by atoms with Gasteiger partial charge in [-0.05, 0) is 35.4 Å². The van der Waals surface area contributed by atoms with E-state index in [2.05, 4.69) is 9.97 Å². The number of hydrogen-bond acceptors (Lipinski definition) is 3. The number of benzene rings is 3. The predicted molar refractivity (Wildman–Crippen MR) is 135 cm³/mol. The topological polar surface area (TPSA) is 46.0 Å². The first-order valence-electron chi connectivity index (χ1n) is 10.2. The molecule has 5 rings (SSSR count). The molecule has 6 heteroatoms. The van der Waals surface area contributed by atoms with Gasteiger partial charge in [0, 0.05) is 39.5 Å². The van der Waals surface area contributed by atoms with Crippen molar-refractivity contribution in [1.82, 2.24) is 9.97 Å². The Hall–Kier alpha value is -2.95. The normalized spacial score (nSPS) is 13.1. The summed E-state index contributed by atoms with van der Waals surface area (Å²) in [5, 5.41) is 14.1. The van der Waals surface area contributed by atoms with Gasteiger partial charge in [0.05, 0.1) is 10.5 Å². The highest BCUT2D eigenvalue weighted by Gasteiger charge is 2.36. The van der Waals surface area contributed by atoms with Crippen molar-refractivity contribution in [2.75, 3.05) is 0 Å². The van der Waals surface area contributed by atoms with E-state index in [1.807, 2.05) is 54.6 Å². The molecule has 1 atom stereocenters. The Kier molecular flexibility index (Phi) is 5.81. The van der Waals surface area contributed by atoms with Gasteiger partial charge in [-0.1, -0.05) is 95.5 Å². The van der Waals surface area contributed by atoms with Crippen LogP contribution in [0.25, 0.3) is 22.0 Å². The van der Waals surface area contributed by atoms with Gasteiger partial charge in [-0.25, -0.2) is 4.98 Å². The Balaban J connectivity index is 1.80. The number of pyridine rings is 2. The van der Waals surface area contributed by atoms with E-state index in [1.54, 1.807) is 42.7 Å². The molecule has 1 N–H and O–H groups in total. The summed E-state index contributed by atoms with van der Waals surface area (Å²) in [6.45, 7) is 0. The van der Waals surface area contributed by atoms with Gasteiger partial charge >= 0.3 is 0 Å². The molecule has 2 aromatic heterocycles. The second-order valence-corrected chi connectivity index (χ2v) is 8.76. The Morgan fingerprint density at radius 3 is 2.24 bits per heavy atom. The molecular weight excluding hydrogens is 475 g/mol. The van der Waals surface area contributed by atoms with Crippen molar-refractivity contribution in [3.63, 3.8) is 0 Å². The number of aromatic nitrogens is 2. The Labute approximate surface area is 206 Å². The minimum absolute atomic E-state index is 0.320. The third-order valence-electron chi connectivity index (χ3n) is 5.70. The predicted octanol–water partition coefficient (Wildman–Crippen LogP) is 7.54. The van der Waals surface area contributed by atoms with Crippen LogP contribution in [0.3, 0.4) is 0 Å². The smallest absolute Gasteiger partial charge is 0.143 e. The molecule has 2 heterocycles. The molecule has 3 nitrogen and oxygen atoms in total. The highest BCUT2D eigenvalue weighted by molar-refractivity contribution is 6.42. The van der Waals surface area contributed by atoms with Crippen LogP contribution in [0.15, 0.2) is 97.3 Å². The summed E-state index contributed by atoms with van der Waals surface area (Å²) in [5.74, 6) is 0. The van der Waals surface area contributed by atoms with Crippen LogP contribution in [-0.2, 0) is 5.60 Å². The quantitative estimate of drug-likeness (QED) is 0.264. The van der Waals surface area contributed by atoms with E-state index in [0.29, 0.717) is 48.4 Å². The minimum Gasteiger partial charge on any atom is -0.376 e. The van der Waals surface area contributed by atoms with Crippen molar-refractivity contribution >= 4 is 45.7 Å². The molecule has 0 radical (unpaired) electrons. The third kappa shape index (κ3) is 3.77. The second-order valence-electron chi connectivity index (χ2n) is 7.62. The molecular formula is C27H17Cl3N2O. The van der Waals surface area contributed by atoms with E-state index in [4.69, 9.17) is 34.8 Å². The first-order valence-corrected chi connectivity index (χ1v) is 11.4. The maximum atomic E-state index is 12.2. The van der Waals surface area contributed by atoms with Gasteiger partial charge in [0.15, 0.2) is 0 Å². The number of hydrogen-bond donors (Lipinski definition) is 1. The average Bonchev–Trinajstić information content (AvgIpc) is 2.85. The zero-order valence-electron chi connectivity index (χ0n) is 17.2. The molecule has 0 amide bonds.